The van der Waals surface area contributed by atoms with Crippen molar-refractivity contribution in [3.05, 3.63) is 72.6 Å². The van der Waals surface area contributed by atoms with Crippen molar-refractivity contribution in [3.8, 4) is 11.4 Å². The van der Waals surface area contributed by atoms with Gasteiger partial charge in [0, 0.05) is 12.7 Å². The Hall–Kier alpha value is -3.49. The molecule has 0 aliphatic rings. The summed E-state index contributed by atoms with van der Waals surface area (Å²) in [4.78, 5) is 4.14. The predicted octanol–water partition coefficient (Wildman–Crippen LogP) is 3.74. The average molecular weight is 389 g/mol. The number of hydrogen-bond donors (Lipinski definition) is 2. The van der Waals surface area contributed by atoms with E-state index >= 15 is 0 Å². The molecule has 0 fully saturated rings. The van der Waals surface area contributed by atoms with Crippen molar-refractivity contribution in [3.63, 3.8) is 0 Å². The van der Waals surface area contributed by atoms with Gasteiger partial charge >= 0.3 is 6.36 Å². The molecule has 9 heteroatoms. The van der Waals surface area contributed by atoms with Crippen LogP contribution in [0.1, 0.15) is 5.56 Å². The van der Waals surface area contributed by atoms with Crippen LogP contribution < -0.4 is 15.8 Å². The van der Waals surface area contributed by atoms with Crippen LogP contribution in [0.2, 0.25) is 0 Å². The van der Waals surface area contributed by atoms with E-state index < -0.39 is 6.36 Å². The van der Waals surface area contributed by atoms with Gasteiger partial charge in [0.25, 0.3) is 0 Å². The quantitative estimate of drug-likeness (QED) is 0.497. The number of ether oxygens (including phenoxy) is 1. The van der Waals surface area contributed by atoms with Crippen molar-refractivity contribution < 1.29 is 17.9 Å². The fraction of sp³-hybridized carbons (Fsp3) is 0.158. The summed E-state index contributed by atoms with van der Waals surface area (Å²) in [7, 11) is 0. The number of alkyl halides is 3. The van der Waals surface area contributed by atoms with Crippen molar-refractivity contribution in [2.45, 2.75) is 12.8 Å². The average Bonchev–Trinajstić information content (AvgIpc) is 3.12. The second-order valence-corrected chi connectivity index (χ2v) is 5.81. The van der Waals surface area contributed by atoms with E-state index in [1.165, 1.54) is 18.2 Å². The molecule has 0 amide bonds. The summed E-state index contributed by atoms with van der Waals surface area (Å²) in [5.41, 5.74) is 7.77. The van der Waals surface area contributed by atoms with Gasteiger partial charge in [0.15, 0.2) is 11.7 Å². The number of hydrogen-bond acceptors (Lipinski definition) is 3. The highest BCUT2D eigenvalue weighted by molar-refractivity contribution is 5.93. The number of halogens is 3. The van der Waals surface area contributed by atoms with Crippen molar-refractivity contribution in [2.75, 3.05) is 11.9 Å². The van der Waals surface area contributed by atoms with Crippen molar-refractivity contribution in [1.82, 2.24) is 9.78 Å². The lowest BCUT2D eigenvalue weighted by molar-refractivity contribution is -0.274. The molecule has 6 nitrogen and oxygen atoms in total. The molecule has 3 rings (SSSR count). The number of para-hydroxylation sites is 3. The summed E-state index contributed by atoms with van der Waals surface area (Å²) in [6.07, 6.45) is -0.585. The monoisotopic (exact) mass is 389 g/mol. The third-order valence-electron chi connectivity index (χ3n) is 3.71. The largest absolute Gasteiger partial charge is 0.573 e. The van der Waals surface area contributed by atoms with Gasteiger partial charge in [0.1, 0.15) is 0 Å². The molecule has 0 aliphatic carbocycles. The van der Waals surface area contributed by atoms with E-state index in [2.05, 4.69) is 20.1 Å². The number of benzene rings is 2. The van der Waals surface area contributed by atoms with Crippen LogP contribution in [0.15, 0.2) is 72.0 Å². The molecule has 0 radical (unpaired) electrons. The topological polar surface area (TPSA) is 77.5 Å². The summed E-state index contributed by atoms with van der Waals surface area (Å²) in [6.45, 7) is 0.349. The van der Waals surface area contributed by atoms with Gasteiger partial charge in [0.2, 0.25) is 0 Å². The first-order valence-electron chi connectivity index (χ1n) is 8.41. The molecule has 3 aromatic rings. The normalized spacial score (nSPS) is 12.0. The molecule has 2 aromatic carbocycles. The fourth-order valence-corrected chi connectivity index (χ4v) is 2.48. The first-order chi connectivity index (χ1) is 13.4. The van der Waals surface area contributed by atoms with Crippen LogP contribution in [0.5, 0.6) is 5.75 Å². The molecule has 0 saturated heterocycles. The van der Waals surface area contributed by atoms with Gasteiger partial charge in [-0.05, 0) is 36.2 Å². The maximum absolute atomic E-state index is 12.5. The zero-order valence-electron chi connectivity index (χ0n) is 14.7. The maximum atomic E-state index is 12.5. The molecule has 3 N–H and O–H groups in total. The number of aliphatic imine (C=N–C) groups is 1. The van der Waals surface area contributed by atoms with Crippen LogP contribution >= 0.6 is 0 Å². The molecule has 1 aromatic heterocycles. The van der Waals surface area contributed by atoms with Gasteiger partial charge in [-0.1, -0.05) is 30.3 Å². The maximum Gasteiger partial charge on any atom is 0.573 e. The van der Waals surface area contributed by atoms with Crippen LogP contribution in [0.25, 0.3) is 5.69 Å². The Morgan fingerprint density at radius 2 is 1.82 bits per heavy atom. The van der Waals surface area contributed by atoms with E-state index in [1.807, 2.05) is 36.5 Å². The van der Waals surface area contributed by atoms with Gasteiger partial charge in [-0.3, -0.25) is 4.99 Å². The number of rotatable bonds is 6. The Balaban J connectivity index is 1.58. The molecule has 0 bridgehead atoms. The SMILES string of the molecule is NC(=NCCc1cnn(-c2ccccc2)c1)Nc1ccccc1OC(F)(F)F. The summed E-state index contributed by atoms with van der Waals surface area (Å²) in [5.74, 6) is -0.383. The zero-order chi connectivity index (χ0) is 20.0. The molecule has 0 atom stereocenters. The van der Waals surface area contributed by atoms with E-state index in [1.54, 1.807) is 16.9 Å². The van der Waals surface area contributed by atoms with E-state index in [4.69, 9.17) is 5.73 Å². The second-order valence-electron chi connectivity index (χ2n) is 5.81. The van der Waals surface area contributed by atoms with Gasteiger partial charge < -0.3 is 15.8 Å². The highest BCUT2D eigenvalue weighted by Crippen LogP contribution is 2.29. The molecular formula is C19H18F3N5O. The Labute approximate surface area is 159 Å². The van der Waals surface area contributed by atoms with Gasteiger partial charge in [-0.2, -0.15) is 5.10 Å². The number of nitrogens with two attached hydrogens (primary N) is 1. The fourth-order valence-electron chi connectivity index (χ4n) is 2.48. The standard InChI is InChI=1S/C19H18F3N5O/c20-19(21,22)28-17-9-5-4-8-16(17)26-18(23)24-11-10-14-12-25-27(13-14)15-6-2-1-3-7-15/h1-9,12-13H,10-11H2,(H3,23,24,26). The molecule has 146 valence electrons. The first kappa shape index (κ1) is 19.3. The summed E-state index contributed by atoms with van der Waals surface area (Å²) in [6, 6.07) is 15.3. The van der Waals surface area contributed by atoms with E-state index in [0.29, 0.717) is 13.0 Å². The van der Waals surface area contributed by atoms with Crippen LogP contribution in [0.3, 0.4) is 0 Å². The minimum atomic E-state index is -4.79. The summed E-state index contributed by atoms with van der Waals surface area (Å²) >= 11 is 0. The lowest BCUT2D eigenvalue weighted by atomic mass is 10.2. The van der Waals surface area contributed by atoms with Gasteiger partial charge in [-0.15, -0.1) is 13.2 Å². The van der Waals surface area contributed by atoms with Crippen molar-refractivity contribution in [2.24, 2.45) is 10.7 Å². The lowest BCUT2D eigenvalue weighted by Crippen LogP contribution is -2.24. The third-order valence-corrected chi connectivity index (χ3v) is 3.71. The van der Waals surface area contributed by atoms with E-state index in [-0.39, 0.29) is 17.4 Å². The molecular weight excluding hydrogens is 371 g/mol. The lowest BCUT2D eigenvalue weighted by Gasteiger charge is -2.14. The smallest absolute Gasteiger partial charge is 0.404 e. The minimum Gasteiger partial charge on any atom is -0.404 e. The summed E-state index contributed by atoms with van der Waals surface area (Å²) in [5, 5.41) is 6.93. The highest BCUT2D eigenvalue weighted by atomic mass is 19.4. The molecule has 1 heterocycles. The highest BCUT2D eigenvalue weighted by Gasteiger charge is 2.32. The van der Waals surface area contributed by atoms with Gasteiger partial charge in [-0.25, -0.2) is 4.68 Å². The molecule has 0 unspecified atom stereocenters. The molecule has 0 aliphatic heterocycles. The van der Waals surface area contributed by atoms with E-state index in [9.17, 15) is 13.2 Å². The molecule has 0 saturated carbocycles. The Bertz CT molecular complexity index is 938. The number of nitrogens with one attached hydrogen (secondary N) is 1. The minimum absolute atomic E-state index is 0.00586. The Morgan fingerprint density at radius 1 is 1.11 bits per heavy atom. The first-order valence-corrected chi connectivity index (χ1v) is 8.41. The second kappa shape index (κ2) is 8.47. The number of guanidine groups is 1. The Morgan fingerprint density at radius 3 is 2.57 bits per heavy atom. The van der Waals surface area contributed by atoms with Crippen molar-refractivity contribution >= 4 is 11.6 Å². The van der Waals surface area contributed by atoms with Crippen LogP contribution in [-0.2, 0) is 6.42 Å². The van der Waals surface area contributed by atoms with Crippen LogP contribution in [0.4, 0.5) is 18.9 Å². The van der Waals surface area contributed by atoms with Crippen LogP contribution in [-0.4, -0.2) is 28.6 Å². The number of nitrogens with zero attached hydrogens (tertiary/aromatic N) is 3. The zero-order valence-corrected chi connectivity index (χ0v) is 14.7. The Kier molecular flexibility index (Phi) is 5.83. The number of aromatic nitrogens is 2. The number of anilines is 1. The summed E-state index contributed by atoms with van der Waals surface area (Å²) < 4.78 is 43.1. The van der Waals surface area contributed by atoms with Crippen molar-refractivity contribution in [1.29, 1.82) is 0 Å². The van der Waals surface area contributed by atoms with Crippen LogP contribution in [0, 0.1) is 0 Å². The van der Waals surface area contributed by atoms with Gasteiger partial charge in [0.05, 0.1) is 17.6 Å². The molecule has 0 spiro atoms. The molecule has 28 heavy (non-hydrogen) atoms. The van der Waals surface area contributed by atoms with E-state index in [0.717, 1.165) is 11.3 Å². The predicted molar refractivity (Wildman–Crippen MR) is 101 cm³/mol. The third kappa shape index (κ3) is 5.50.